The monoisotopic (exact) mass is 331 g/mol. The van der Waals surface area contributed by atoms with Crippen LogP contribution in [0.15, 0.2) is 24.3 Å². The molecule has 1 aromatic carbocycles. The minimum Gasteiger partial charge on any atom is -0.370 e. The Morgan fingerprint density at radius 1 is 1.33 bits per heavy atom. The number of nitrogens with one attached hydrogen (secondary N) is 1. The van der Waals surface area contributed by atoms with Crippen LogP contribution >= 0.6 is 0 Å². The van der Waals surface area contributed by atoms with Crippen LogP contribution in [0, 0.1) is 12.8 Å². The van der Waals surface area contributed by atoms with E-state index in [1.54, 1.807) is 11.8 Å². The summed E-state index contributed by atoms with van der Waals surface area (Å²) in [7, 11) is 0. The number of para-hydroxylation sites is 1. The standard InChI is InChI=1S/C19H29N3O2/c1-4-21(18-10-6-5-8-15(18)2)13-11-20-19(24)17-9-7-12-22(14-17)16(3)23/h5-6,8,10,17H,4,7,9,11-14H2,1-3H3,(H,20,24). The van der Waals surface area contributed by atoms with Gasteiger partial charge in [-0.15, -0.1) is 0 Å². The molecule has 1 aromatic rings. The van der Waals surface area contributed by atoms with E-state index in [9.17, 15) is 9.59 Å². The number of likely N-dealkylation sites (N-methyl/N-ethyl adjacent to an activating group) is 1. The van der Waals surface area contributed by atoms with Crippen molar-refractivity contribution in [2.75, 3.05) is 37.6 Å². The lowest BCUT2D eigenvalue weighted by Gasteiger charge is -2.31. The van der Waals surface area contributed by atoms with Gasteiger partial charge in [0.2, 0.25) is 11.8 Å². The number of carbonyl (C=O) groups is 2. The fourth-order valence-corrected chi connectivity index (χ4v) is 3.30. The fourth-order valence-electron chi connectivity index (χ4n) is 3.30. The highest BCUT2D eigenvalue weighted by molar-refractivity contribution is 5.80. The van der Waals surface area contributed by atoms with Crippen molar-refractivity contribution in [3.05, 3.63) is 29.8 Å². The van der Waals surface area contributed by atoms with E-state index in [0.29, 0.717) is 13.1 Å². The maximum atomic E-state index is 12.4. The summed E-state index contributed by atoms with van der Waals surface area (Å²) in [5.74, 6) is 0.0576. The van der Waals surface area contributed by atoms with Crippen molar-refractivity contribution in [2.45, 2.75) is 33.6 Å². The molecule has 2 amide bonds. The minimum absolute atomic E-state index is 0.0595. The first-order valence-electron chi connectivity index (χ1n) is 8.86. The number of hydrogen-bond acceptors (Lipinski definition) is 3. The summed E-state index contributed by atoms with van der Waals surface area (Å²) in [5.41, 5.74) is 2.46. The minimum atomic E-state index is -0.0730. The average Bonchev–Trinajstić information content (AvgIpc) is 2.59. The highest BCUT2D eigenvalue weighted by atomic mass is 16.2. The summed E-state index contributed by atoms with van der Waals surface area (Å²) in [5, 5.41) is 3.05. The number of benzene rings is 1. The molecule has 132 valence electrons. The summed E-state index contributed by atoms with van der Waals surface area (Å²) in [6, 6.07) is 8.31. The zero-order valence-electron chi connectivity index (χ0n) is 15.0. The highest BCUT2D eigenvalue weighted by Gasteiger charge is 2.26. The molecule has 2 rings (SSSR count). The number of hydrogen-bond donors (Lipinski definition) is 1. The van der Waals surface area contributed by atoms with Gasteiger partial charge in [0, 0.05) is 45.3 Å². The summed E-state index contributed by atoms with van der Waals surface area (Å²) < 4.78 is 0. The van der Waals surface area contributed by atoms with Gasteiger partial charge < -0.3 is 15.1 Å². The molecule has 1 saturated heterocycles. The molecule has 1 heterocycles. The van der Waals surface area contributed by atoms with E-state index in [1.165, 1.54) is 11.3 Å². The van der Waals surface area contributed by atoms with Gasteiger partial charge in [0.05, 0.1) is 5.92 Å². The number of aryl methyl sites for hydroxylation is 1. The molecule has 1 unspecified atom stereocenters. The van der Waals surface area contributed by atoms with Crippen molar-refractivity contribution in [3.8, 4) is 0 Å². The Kier molecular flexibility index (Phi) is 6.64. The Morgan fingerprint density at radius 2 is 2.08 bits per heavy atom. The first-order valence-corrected chi connectivity index (χ1v) is 8.86. The van der Waals surface area contributed by atoms with Gasteiger partial charge in [-0.2, -0.15) is 0 Å². The molecule has 0 saturated carbocycles. The van der Waals surface area contributed by atoms with Gasteiger partial charge in [0.25, 0.3) is 0 Å². The summed E-state index contributed by atoms with van der Waals surface area (Å²) >= 11 is 0. The maximum absolute atomic E-state index is 12.4. The fraction of sp³-hybridized carbons (Fsp3) is 0.579. The van der Waals surface area contributed by atoms with Crippen LogP contribution in [0.2, 0.25) is 0 Å². The lowest BCUT2D eigenvalue weighted by atomic mass is 9.97. The van der Waals surface area contributed by atoms with Gasteiger partial charge in [0.15, 0.2) is 0 Å². The molecule has 0 aromatic heterocycles. The van der Waals surface area contributed by atoms with E-state index in [0.717, 1.165) is 32.5 Å². The number of carbonyl (C=O) groups excluding carboxylic acids is 2. The normalized spacial score (nSPS) is 17.5. The third-order valence-corrected chi connectivity index (χ3v) is 4.76. The number of anilines is 1. The number of rotatable bonds is 6. The Balaban J connectivity index is 1.83. The lowest BCUT2D eigenvalue weighted by Crippen LogP contribution is -2.46. The first kappa shape index (κ1) is 18.3. The Bertz CT molecular complexity index is 573. The molecule has 24 heavy (non-hydrogen) atoms. The van der Waals surface area contributed by atoms with Crippen LogP contribution in [-0.4, -0.2) is 49.4 Å². The van der Waals surface area contributed by atoms with Crippen LogP contribution in [-0.2, 0) is 9.59 Å². The van der Waals surface area contributed by atoms with Crippen LogP contribution < -0.4 is 10.2 Å². The molecule has 5 nitrogen and oxygen atoms in total. The van der Waals surface area contributed by atoms with Crippen LogP contribution in [0.3, 0.4) is 0 Å². The number of nitrogens with zero attached hydrogens (tertiary/aromatic N) is 2. The lowest BCUT2D eigenvalue weighted by molar-refractivity contribution is -0.133. The predicted molar refractivity (Wildman–Crippen MR) is 97.1 cm³/mol. The van der Waals surface area contributed by atoms with Crippen LogP contribution in [0.5, 0.6) is 0 Å². The Morgan fingerprint density at radius 3 is 2.75 bits per heavy atom. The Hall–Kier alpha value is -2.04. The highest BCUT2D eigenvalue weighted by Crippen LogP contribution is 2.19. The second-order valence-electron chi connectivity index (χ2n) is 6.46. The molecule has 1 N–H and O–H groups in total. The van der Waals surface area contributed by atoms with Gasteiger partial charge in [0.1, 0.15) is 0 Å². The van der Waals surface area contributed by atoms with E-state index in [4.69, 9.17) is 0 Å². The molecule has 5 heteroatoms. The quantitative estimate of drug-likeness (QED) is 0.869. The molecule has 0 bridgehead atoms. The van der Waals surface area contributed by atoms with Crippen molar-refractivity contribution in [1.29, 1.82) is 0 Å². The largest absolute Gasteiger partial charge is 0.370 e. The van der Waals surface area contributed by atoms with E-state index in [1.807, 2.05) is 12.1 Å². The molecular formula is C19H29N3O2. The maximum Gasteiger partial charge on any atom is 0.224 e. The number of likely N-dealkylation sites (tertiary alicyclic amines) is 1. The van der Waals surface area contributed by atoms with Crippen LogP contribution in [0.25, 0.3) is 0 Å². The second kappa shape index (κ2) is 8.71. The molecule has 1 atom stereocenters. The van der Waals surface area contributed by atoms with E-state index < -0.39 is 0 Å². The van der Waals surface area contributed by atoms with Crippen LogP contribution in [0.1, 0.15) is 32.3 Å². The SMILES string of the molecule is CCN(CCNC(=O)C1CCCN(C(C)=O)C1)c1ccccc1C. The molecular weight excluding hydrogens is 302 g/mol. The van der Waals surface area contributed by atoms with Gasteiger partial charge >= 0.3 is 0 Å². The van der Waals surface area contributed by atoms with Gasteiger partial charge in [-0.05, 0) is 38.3 Å². The third-order valence-electron chi connectivity index (χ3n) is 4.76. The zero-order valence-corrected chi connectivity index (χ0v) is 15.0. The molecule has 1 aliphatic rings. The average molecular weight is 331 g/mol. The third kappa shape index (κ3) is 4.73. The summed E-state index contributed by atoms with van der Waals surface area (Å²) in [6.45, 7) is 9.44. The Labute approximate surface area is 145 Å². The molecule has 1 fully saturated rings. The van der Waals surface area contributed by atoms with Gasteiger partial charge in [-0.25, -0.2) is 0 Å². The molecule has 1 aliphatic heterocycles. The summed E-state index contributed by atoms with van der Waals surface area (Å²) in [4.78, 5) is 27.9. The van der Waals surface area contributed by atoms with E-state index in [2.05, 4.69) is 36.2 Å². The van der Waals surface area contributed by atoms with Crippen molar-refractivity contribution < 1.29 is 9.59 Å². The smallest absolute Gasteiger partial charge is 0.224 e. The molecule has 0 radical (unpaired) electrons. The first-order chi connectivity index (χ1) is 11.5. The zero-order chi connectivity index (χ0) is 17.5. The predicted octanol–water partition coefficient (Wildman–Crippen LogP) is 2.20. The van der Waals surface area contributed by atoms with Crippen molar-refractivity contribution in [2.24, 2.45) is 5.92 Å². The molecule has 0 aliphatic carbocycles. The van der Waals surface area contributed by atoms with Gasteiger partial charge in [-0.3, -0.25) is 9.59 Å². The second-order valence-corrected chi connectivity index (χ2v) is 6.46. The summed E-state index contributed by atoms with van der Waals surface area (Å²) in [6.07, 6.45) is 1.77. The van der Waals surface area contributed by atoms with E-state index in [-0.39, 0.29) is 17.7 Å². The molecule has 0 spiro atoms. The van der Waals surface area contributed by atoms with Crippen molar-refractivity contribution in [3.63, 3.8) is 0 Å². The van der Waals surface area contributed by atoms with Gasteiger partial charge in [-0.1, -0.05) is 18.2 Å². The van der Waals surface area contributed by atoms with E-state index >= 15 is 0 Å². The topological polar surface area (TPSA) is 52.7 Å². The van der Waals surface area contributed by atoms with Crippen molar-refractivity contribution in [1.82, 2.24) is 10.2 Å². The number of amides is 2. The number of piperidine rings is 1. The van der Waals surface area contributed by atoms with Crippen LogP contribution in [0.4, 0.5) is 5.69 Å². The van der Waals surface area contributed by atoms with Crippen molar-refractivity contribution >= 4 is 17.5 Å².